The molecule has 6 heteroatoms. The third kappa shape index (κ3) is 4.61. The number of hydrogen-bond donors (Lipinski definition) is 2. The number of rotatable bonds is 5. The second kappa shape index (κ2) is 7.58. The molecule has 1 aliphatic carbocycles. The van der Waals surface area contributed by atoms with Crippen LogP contribution in [0.25, 0.3) is 0 Å². The molecule has 1 aliphatic rings. The van der Waals surface area contributed by atoms with E-state index in [1.54, 1.807) is 0 Å². The van der Waals surface area contributed by atoms with Crippen LogP contribution in [0.5, 0.6) is 0 Å². The predicted molar refractivity (Wildman–Crippen MR) is 103 cm³/mol. The molecule has 0 saturated heterocycles. The van der Waals surface area contributed by atoms with Crippen molar-refractivity contribution in [2.45, 2.75) is 19.3 Å². The Kier molecular flexibility index (Phi) is 5.45. The quantitative estimate of drug-likeness (QED) is 0.757. The highest BCUT2D eigenvalue weighted by atomic mass is 79.9. The molecule has 1 fully saturated rings. The van der Waals surface area contributed by atoms with Gasteiger partial charge in [0.1, 0.15) is 0 Å². The molecule has 25 heavy (non-hydrogen) atoms. The fourth-order valence-electron chi connectivity index (χ4n) is 2.85. The first-order valence-electron chi connectivity index (χ1n) is 8.03. The predicted octanol–water partition coefficient (Wildman–Crippen LogP) is 4.27. The summed E-state index contributed by atoms with van der Waals surface area (Å²) in [4.78, 5) is 24.3. The van der Waals surface area contributed by atoms with Gasteiger partial charge in [-0.3, -0.25) is 9.59 Å². The van der Waals surface area contributed by atoms with E-state index in [-0.39, 0.29) is 30.2 Å². The molecule has 2 aromatic rings. The van der Waals surface area contributed by atoms with Crippen molar-refractivity contribution in [1.82, 2.24) is 5.32 Å². The van der Waals surface area contributed by atoms with Crippen molar-refractivity contribution >= 4 is 45.0 Å². The molecule has 4 nitrogen and oxygen atoms in total. The number of carbonyl (C=O) groups is 2. The topological polar surface area (TPSA) is 58.2 Å². The number of carbonyl (C=O) groups excluding carboxylic acids is 2. The zero-order valence-corrected chi connectivity index (χ0v) is 16.0. The average Bonchev–Trinajstić information content (AvgIpc) is 3.36. The van der Waals surface area contributed by atoms with E-state index in [4.69, 9.17) is 11.6 Å². The van der Waals surface area contributed by atoms with Gasteiger partial charge in [-0.1, -0.05) is 39.7 Å². The smallest absolute Gasteiger partial charge is 0.243 e. The number of aryl methyl sites for hydroxylation is 1. The molecule has 2 aromatic carbocycles. The molecule has 0 radical (unpaired) electrons. The maximum atomic E-state index is 12.2. The highest BCUT2D eigenvalue weighted by molar-refractivity contribution is 9.10. The number of halogens is 2. The van der Waals surface area contributed by atoms with E-state index >= 15 is 0 Å². The van der Waals surface area contributed by atoms with Gasteiger partial charge in [-0.2, -0.15) is 0 Å². The normalized spacial score (nSPS) is 18.5. The molecule has 2 atom stereocenters. The zero-order chi connectivity index (χ0) is 18.0. The summed E-state index contributed by atoms with van der Waals surface area (Å²) in [5, 5.41) is 6.20. The molecule has 0 aromatic heterocycles. The summed E-state index contributed by atoms with van der Waals surface area (Å²) < 4.78 is 0.956. The van der Waals surface area contributed by atoms with E-state index in [9.17, 15) is 9.59 Å². The lowest BCUT2D eigenvalue weighted by molar-refractivity contribution is -0.125. The van der Waals surface area contributed by atoms with Crippen LogP contribution in [0.15, 0.2) is 46.9 Å². The van der Waals surface area contributed by atoms with E-state index in [2.05, 4.69) is 26.6 Å². The summed E-state index contributed by atoms with van der Waals surface area (Å²) in [7, 11) is 0. The Morgan fingerprint density at radius 3 is 2.76 bits per heavy atom. The molecule has 2 amide bonds. The second-order valence-corrected chi connectivity index (χ2v) is 7.58. The Morgan fingerprint density at radius 1 is 1.24 bits per heavy atom. The molecule has 2 unspecified atom stereocenters. The minimum absolute atomic E-state index is 0.0346. The van der Waals surface area contributed by atoms with E-state index in [1.807, 2.05) is 49.4 Å². The van der Waals surface area contributed by atoms with Crippen LogP contribution in [0.4, 0.5) is 5.69 Å². The number of benzene rings is 2. The SMILES string of the molecule is Cc1cc(Br)ccc1NC(=O)CNC(=O)C1CC1c1cccc(Cl)c1. The summed E-state index contributed by atoms with van der Waals surface area (Å²) in [5.74, 6) is -0.220. The van der Waals surface area contributed by atoms with Crippen molar-refractivity contribution < 1.29 is 9.59 Å². The van der Waals surface area contributed by atoms with Gasteiger partial charge in [-0.05, 0) is 60.7 Å². The van der Waals surface area contributed by atoms with Gasteiger partial charge in [0, 0.05) is 21.1 Å². The molecular weight excluding hydrogens is 404 g/mol. The van der Waals surface area contributed by atoms with Crippen molar-refractivity contribution in [3.63, 3.8) is 0 Å². The first kappa shape index (κ1) is 18.0. The van der Waals surface area contributed by atoms with Gasteiger partial charge < -0.3 is 10.6 Å². The van der Waals surface area contributed by atoms with Gasteiger partial charge >= 0.3 is 0 Å². The third-order valence-electron chi connectivity index (χ3n) is 4.29. The Labute approximate surface area is 160 Å². The molecule has 0 aliphatic heterocycles. The average molecular weight is 422 g/mol. The van der Waals surface area contributed by atoms with Crippen molar-refractivity contribution in [2.75, 3.05) is 11.9 Å². The maximum absolute atomic E-state index is 12.2. The van der Waals surface area contributed by atoms with Crippen molar-refractivity contribution in [1.29, 1.82) is 0 Å². The van der Waals surface area contributed by atoms with Crippen molar-refractivity contribution in [3.05, 3.63) is 63.1 Å². The third-order valence-corrected chi connectivity index (χ3v) is 5.02. The van der Waals surface area contributed by atoms with Crippen LogP contribution in [-0.2, 0) is 9.59 Å². The molecule has 0 bridgehead atoms. The van der Waals surface area contributed by atoms with Gasteiger partial charge in [0.15, 0.2) is 0 Å². The number of nitrogens with one attached hydrogen (secondary N) is 2. The zero-order valence-electron chi connectivity index (χ0n) is 13.7. The highest BCUT2D eigenvalue weighted by Crippen LogP contribution is 2.47. The molecule has 130 valence electrons. The van der Waals surface area contributed by atoms with Crippen LogP contribution in [0, 0.1) is 12.8 Å². The fourth-order valence-corrected chi connectivity index (χ4v) is 3.52. The molecule has 3 rings (SSSR count). The largest absolute Gasteiger partial charge is 0.347 e. The summed E-state index contributed by atoms with van der Waals surface area (Å²) in [6, 6.07) is 13.2. The molecule has 2 N–H and O–H groups in total. The highest BCUT2D eigenvalue weighted by Gasteiger charge is 2.43. The van der Waals surface area contributed by atoms with E-state index < -0.39 is 0 Å². The van der Waals surface area contributed by atoms with Gasteiger partial charge in [-0.15, -0.1) is 0 Å². The number of anilines is 1. The van der Waals surface area contributed by atoms with Crippen LogP contribution in [0.1, 0.15) is 23.5 Å². The van der Waals surface area contributed by atoms with Gasteiger partial charge in [0.2, 0.25) is 11.8 Å². The second-order valence-electron chi connectivity index (χ2n) is 6.23. The molecular formula is C19H18BrClN2O2. The van der Waals surface area contributed by atoms with Crippen LogP contribution >= 0.6 is 27.5 Å². The number of amides is 2. The summed E-state index contributed by atoms with van der Waals surface area (Å²) >= 11 is 9.38. The van der Waals surface area contributed by atoms with E-state index in [1.165, 1.54) is 0 Å². The first-order chi connectivity index (χ1) is 11.9. The van der Waals surface area contributed by atoms with Gasteiger partial charge in [0.05, 0.1) is 6.54 Å². The first-order valence-corrected chi connectivity index (χ1v) is 9.20. The minimum atomic E-state index is -0.237. The van der Waals surface area contributed by atoms with Crippen molar-refractivity contribution in [2.24, 2.45) is 5.92 Å². The lowest BCUT2D eigenvalue weighted by Crippen LogP contribution is -2.34. The summed E-state index contributed by atoms with van der Waals surface area (Å²) in [6.07, 6.45) is 0.791. The van der Waals surface area contributed by atoms with Crippen molar-refractivity contribution in [3.8, 4) is 0 Å². The molecule has 0 heterocycles. The van der Waals surface area contributed by atoms with Gasteiger partial charge in [0.25, 0.3) is 0 Å². The van der Waals surface area contributed by atoms with Gasteiger partial charge in [-0.25, -0.2) is 0 Å². The lowest BCUT2D eigenvalue weighted by atomic mass is 10.1. The Hall–Kier alpha value is -1.85. The Balaban J connectivity index is 1.49. The molecule has 0 spiro atoms. The van der Waals surface area contributed by atoms with E-state index in [0.717, 1.165) is 27.7 Å². The summed E-state index contributed by atoms with van der Waals surface area (Å²) in [5.41, 5.74) is 2.77. The number of hydrogen-bond acceptors (Lipinski definition) is 2. The standard InChI is InChI=1S/C19H18BrClN2O2/c1-11-7-13(20)5-6-17(11)23-18(24)10-22-19(25)16-9-15(16)12-3-2-4-14(21)8-12/h2-8,15-16H,9-10H2,1H3,(H,22,25)(H,23,24). The Morgan fingerprint density at radius 2 is 2.04 bits per heavy atom. The lowest BCUT2D eigenvalue weighted by Gasteiger charge is -2.09. The van der Waals surface area contributed by atoms with Crippen LogP contribution in [0.2, 0.25) is 5.02 Å². The van der Waals surface area contributed by atoms with E-state index in [0.29, 0.717) is 5.02 Å². The van der Waals surface area contributed by atoms with Crippen LogP contribution < -0.4 is 10.6 Å². The van der Waals surface area contributed by atoms with Crippen LogP contribution in [-0.4, -0.2) is 18.4 Å². The Bertz CT molecular complexity index is 825. The maximum Gasteiger partial charge on any atom is 0.243 e. The fraction of sp³-hybridized carbons (Fsp3) is 0.263. The monoisotopic (exact) mass is 420 g/mol. The molecule has 1 saturated carbocycles. The summed E-state index contributed by atoms with van der Waals surface area (Å²) in [6.45, 7) is 1.88. The minimum Gasteiger partial charge on any atom is -0.347 e. The van der Waals surface area contributed by atoms with Crippen LogP contribution in [0.3, 0.4) is 0 Å².